The topological polar surface area (TPSA) is 73.2 Å². The quantitative estimate of drug-likeness (QED) is 0.672. The molecular formula is C20H18FN3O3. The summed E-state index contributed by atoms with van der Waals surface area (Å²) in [5, 5.41) is 7.00. The van der Waals surface area contributed by atoms with Gasteiger partial charge in [-0.15, -0.1) is 0 Å². The third-order valence-corrected chi connectivity index (χ3v) is 3.84. The Kier molecular flexibility index (Phi) is 5.30. The summed E-state index contributed by atoms with van der Waals surface area (Å²) in [4.78, 5) is 24.0. The van der Waals surface area contributed by atoms with E-state index >= 15 is 0 Å². The number of halogens is 1. The van der Waals surface area contributed by atoms with Gasteiger partial charge in [0.15, 0.2) is 17.2 Å². The van der Waals surface area contributed by atoms with Crippen molar-refractivity contribution in [1.82, 2.24) is 9.78 Å². The third-order valence-electron chi connectivity index (χ3n) is 3.84. The van der Waals surface area contributed by atoms with E-state index in [0.29, 0.717) is 29.3 Å². The van der Waals surface area contributed by atoms with Crippen molar-refractivity contribution in [2.75, 3.05) is 11.9 Å². The lowest BCUT2D eigenvalue weighted by atomic mass is 10.1. The molecule has 1 aromatic heterocycles. The van der Waals surface area contributed by atoms with Gasteiger partial charge in [-0.3, -0.25) is 9.59 Å². The van der Waals surface area contributed by atoms with E-state index in [9.17, 15) is 14.0 Å². The third kappa shape index (κ3) is 4.20. The molecule has 1 amide bonds. The smallest absolute Gasteiger partial charge is 0.280 e. The molecule has 2 aromatic carbocycles. The molecule has 7 heteroatoms. The molecule has 6 nitrogen and oxygen atoms in total. The van der Waals surface area contributed by atoms with Gasteiger partial charge in [0.1, 0.15) is 5.82 Å². The number of nitrogens with zero attached hydrogens (tertiary/aromatic N) is 2. The lowest BCUT2D eigenvalue weighted by molar-refractivity contribution is 0.101. The highest BCUT2D eigenvalue weighted by atomic mass is 19.1. The summed E-state index contributed by atoms with van der Waals surface area (Å²) < 4.78 is 20.1. The van der Waals surface area contributed by atoms with E-state index in [-0.39, 0.29) is 17.3 Å². The Morgan fingerprint density at radius 2 is 1.78 bits per heavy atom. The van der Waals surface area contributed by atoms with Gasteiger partial charge >= 0.3 is 0 Å². The van der Waals surface area contributed by atoms with Crippen molar-refractivity contribution in [3.63, 3.8) is 0 Å². The summed E-state index contributed by atoms with van der Waals surface area (Å²) in [5.74, 6) is -0.540. The number of ether oxygens (including phenoxy) is 1. The number of hydrogen-bond donors (Lipinski definition) is 1. The average Bonchev–Trinajstić information content (AvgIpc) is 3.07. The van der Waals surface area contributed by atoms with Crippen LogP contribution in [0.15, 0.2) is 54.7 Å². The zero-order valence-electron chi connectivity index (χ0n) is 14.9. The minimum Gasteiger partial charge on any atom is -0.490 e. The van der Waals surface area contributed by atoms with Crippen LogP contribution in [0.3, 0.4) is 0 Å². The van der Waals surface area contributed by atoms with Gasteiger partial charge in [0.25, 0.3) is 5.91 Å². The van der Waals surface area contributed by atoms with Crippen LogP contribution in [0.5, 0.6) is 5.75 Å². The van der Waals surface area contributed by atoms with Gasteiger partial charge in [0.05, 0.1) is 18.5 Å². The fourth-order valence-electron chi connectivity index (χ4n) is 2.48. The highest BCUT2D eigenvalue weighted by Gasteiger charge is 2.19. The Morgan fingerprint density at radius 3 is 2.37 bits per heavy atom. The van der Waals surface area contributed by atoms with E-state index in [4.69, 9.17) is 4.74 Å². The molecule has 0 unspecified atom stereocenters. The molecule has 0 fully saturated rings. The van der Waals surface area contributed by atoms with Crippen LogP contribution in [0.25, 0.3) is 5.69 Å². The Labute approximate surface area is 155 Å². The van der Waals surface area contributed by atoms with Crippen LogP contribution in [-0.2, 0) is 0 Å². The van der Waals surface area contributed by atoms with E-state index < -0.39 is 5.91 Å². The number of rotatable bonds is 6. The van der Waals surface area contributed by atoms with E-state index in [2.05, 4.69) is 10.4 Å². The number of ketones is 1. The van der Waals surface area contributed by atoms with Crippen molar-refractivity contribution < 1.29 is 18.7 Å². The number of benzene rings is 2. The van der Waals surface area contributed by atoms with E-state index in [1.165, 1.54) is 23.7 Å². The molecule has 0 aliphatic carbocycles. The Hall–Kier alpha value is -3.48. The normalized spacial score (nSPS) is 10.5. The Balaban J connectivity index is 1.86. The number of aromatic nitrogens is 2. The van der Waals surface area contributed by atoms with Gasteiger partial charge < -0.3 is 10.1 Å². The second-order valence-electron chi connectivity index (χ2n) is 5.78. The zero-order chi connectivity index (χ0) is 19.4. The van der Waals surface area contributed by atoms with Crippen molar-refractivity contribution in [3.8, 4) is 11.4 Å². The van der Waals surface area contributed by atoms with Crippen LogP contribution >= 0.6 is 0 Å². The second kappa shape index (κ2) is 7.82. The second-order valence-corrected chi connectivity index (χ2v) is 5.78. The first-order valence-electron chi connectivity index (χ1n) is 8.38. The minimum atomic E-state index is -0.449. The van der Waals surface area contributed by atoms with Crippen LogP contribution in [0.4, 0.5) is 10.1 Å². The molecule has 1 heterocycles. The van der Waals surface area contributed by atoms with Crippen molar-refractivity contribution in [2.45, 2.75) is 13.8 Å². The largest absolute Gasteiger partial charge is 0.490 e. The van der Waals surface area contributed by atoms with Crippen LogP contribution in [-0.4, -0.2) is 28.1 Å². The molecule has 138 valence electrons. The van der Waals surface area contributed by atoms with Gasteiger partial charge in [-0.2, -0.15) is 5.10 Å². The summed E-state index contributed by atoms with van der Waals surface area (Å²) in [5.41, 5.74) is 1.80. The number of nitrogens with one attached hydrogen (secondary N) is 1. The number of hydrogen-bond acceptors (Lipinski definition) is 4. The van der Waals surface area contributed by atoms with E-state index in [0.717, 1.165) is 0 Å². The lowest BCUT2D eigenvalue weighted by Crippen LogP contribution is -2.14. The Bertz CT molecular complexity index is 963. The molecular weight excluding hydrogens is 349 g/mol. The minimum absolute atomic E-state index is 0.0513. The van der Waals surface area contributed by atoms with Gasteiger partial charge in [-0.25, -0.2) is 9.07 Å². The maximum absolute atomic E-state index is 13.1. The van der Waals surface area contributed by atoms with Crippen LogP contribution in [0.1, 0.15) is 34.7 Å². The molecule has 1 N–H and O–H groups in total. The van der Waals surface area contributed by atoms with Gasteiger partial charge in [0.2, 0.25) is 0 Å². The summed E-state index contributed by atoms with van der Waals surface area (Å²) in [6, 6.07) is 12.3. The summed E-state index contributed by atoms with van der Waals surface area (Å²) in [6.07, 6.45) is 1.57. The lowest BCUT2D eigenvalue weighted by Gasteiger charge is -2.06. The van der Waals surface area contributed by atoms with Crippen molar-refractivity contribution >= 4 is 17.4 Å². The number of Topliss-reactive ketones (excluding diaryl/α,β-unsaturated/α-hetero) is 1. The standard InChI is InChI=1S/C20H18FN3O3/c1-3-27-18-12-24(17-10-6-15(21)7-11-17)23-19(18)20(26)22-16-8-4-14(5-9-16)13(2)25/h4-12H,3H2,1-2H3,(H,22,26). The number of anilines is 1. The molecule has 0 aliphatic rings. The highest BCUT2D eigenvalue weighted by Crippen LogP contribution is 2.22. The van der Waals surface area contributed by atoms with Gasteiger partial charge in [-0.05, 0) is 62.4 Å². The first kappa shape index (κ1) is 18.3. The predicted molar refractivity (Wildman–Crippen MR) is 99.1 cm³/mol. The molecule has 3 aromatic rings. The zero-order valence-corrected chi connectivity index (χ0v) is 14.9. The van der Waals surface area contributed by atoms with E-state index in [1.54, 1.807) is 49.5 Å². The summed E-state index contributed by atoms with van der Waals surface area (Å²) in [7, 11) is 0. The molecule has 3 rings (SSSR count). The van der Waals surface area contributed by atoms with Crippen LogP contribution < -0.4 is 10.1 Å². The molecule has 0 spiro atoms. The average molecular weight is 367 g/mol. The molecule has 0 radical (unpaired) electrons. The monoisotopic (exact) mass is 367 g/mol. The molecule has 0 bridgehead atoms. The molecule has 0 aliphatic heterocycles. The molecule has 0 atom stereocenters. The maximum atomic E-state index is 13.1. The highest BCUT2D eigenvalue weighted by molar-refractivity contribution is 6.05. The van der Waals surface area contributed by atoms with Crippen molar-refractivity contribution in [3.05, 3.63) is 71.8 Å². The Morgan fingerprint density at radius 1 is 1.11 bits per heavy atom. The van der Waals surface area contributed by atoms with Crippen LogP contribution in [0, 0.1) is 5.82 Å². The maximum Gasteiger partial charge on any atom is 0.280 e. The van der Waals surface area contributed by atoms with Gasteiger partial charge in [0, 0.05) is 11.3 Å². The van der Waals surface area contributed by atoms with Crippen molar-refractivity contribution in [2.24, 2.45) is 0 Å². The first-order valence-corrected chi connectivity index (χ1v) is 8.38. The number of amides is 1. The van der Waals surface area contributed by atoms with Gasteiger partial charge in [-0.1, -0.05) is 0 Å². The molecule has 0 saturated heterocycles. The van der Waals surface area contributed by atoms with E-state index in [1.807, 2.05) is 0 Å². The van der Waals surface area contributed by atoms with Crippen molar-refractivity contribution in [1.29, 1.82) is 0 Å². The number of carbonyl (C=O) groups excluding carboxylic acids is 2. The van der Waals surface area contributed by atoms with Crippen LogP contribution in [0.2, 0.25) is 0 Å². The fraction of sp³-hybridized carbons (Fsp3) is 0.150. The SMILES string of the molecule is CCOc1cn(-c2ccc(F)cc2)nc1C(=O)Nc1ccc(C(C)=O)cc1. The summed E-state index contributed by atoms with van der Waals surface area (Å²) in [6.45, 7) is 3.64. The first-order chi connectivity index (χ1) is 13.0. The summed E-state index contributed by atoms with van der Waals surface area (Å²) >= 11 is 0. The number of carbonyl (C=O) groups is 2. The molecule has 27 heavy (non-hydrogen) atoms. The predicted octanol–water partition coefficient (Wildman–Crippen LogP) is 3.87. The fourth-order valence-corrected chi connectivity index (χ4v) is 2.48. The molecule has 0 saturated carbocycles.